The zero-order valence-electron chi connectivity index (χ0n) is 8.28. The van der Waals surface area contributed by atoms with Crippen LogP contribution in [0.4, 0.5) is 0 Å². The molecule has 2 rings (SSSR count). The Morgan fingerprint density at radius 2 is 2.20 bits per heavy atom. The van der Waals surface area contributed by atoms with E-state index in [1.165, 1.54) is 9.71 Å². The van der Waals surface area contributed by atoms with Crippen LogP contribution in [-0.4, -0.2) is 16.6 Å². The lowest BCUT2D eigenvalue weighted by molar-refractivity contribution is 1.11. The monoisotopic (exact) mass is 257 g/mol. The minimum Gasteiger partial charge on any atom is -0.240 e. The van der Waals surface area contributed by atoms with Crippen molar-refractivity contribution in [2.75, 3.05) is 11.6 Å². The van der Waals surface area contributed by atoms with Gasteiger partial charge in [0.05, 0.1) is 10.2 Å². The van der Waals surface area contributed by atoms with Crippen LogP contribution in [-0.2, 0) is 5.75 Å². The molecule has 4 heteroatoms. The van der Waals surface area contributed by atoms with Crippen molar-refractivity contribution in [3.05, 3.63) is 29.3 Å². The topological polar surface area (TPSA) is 12.9 Å². The van der Waals surface area contributed by atoms with Crippen molar-refractivity contribution in [2.24, 2.45) is 0 Å². The fourth-order valence-electron chi connectivity index (χ4n) is 1.30. The van der Waals surface area contributed by atoms with Gasteiger partial charge < -0.3 is 0 Å². The van der Waals surface area contributed by atoms with E-state index in [9.17, 15) is 0 Å². The molecule has 15 heavy (non-hydrogen) atoms. The first-order valence-corrected chi connectivity index (χ1v) is 7.39. The number of nitrogens with zero attached hydrogens (tertiary/aromatic N) is 1. The second-order valence-electron chi connectivity index (χ2n) is 3.17. The van der Waals surface area contributed by atoms with E-state index in [1.807, 2.05) is 17.8 Å². The highest BCUT2D eigenvalue weighted by Gasteiger charge is 2.02. The fraction of sp³-hybridized carbons (Fsp3) is 0.364. The Kier molecular flexibility index (Phi) is 4.29. The second kappa shape index (κ2) is 5.73. The lowest BCUT2D eigenvalue weighted by atomic mass is 10.3. The summed E-state index contributed by atoms with van der Waals surface area (Å²) in [5.74, 6) is 2.89. The molecule has 0 unspecified atom stereocenters. The highest BCUT2D eigenvalue weighted by atomic mass is 35.5. The maximum Gasteiger partial charge on any atom is 0.104 e. The maximum atomic E-state index is 5.62. The number of para-hydroxylation sites is 1. The van der Waals surface area contributed by atoms with Gasteiger partial charge in [-0.3, -0.25) is 0 Å². The standard InChI is InChI=1S/C11H12ClNS2/c12-6-3-7-14-8-11-13-9-4-1-2-5-10(9)15-11/h1-2,4-5H,3,6-8H2. The predicted octanol–water partition coefficient (Wildman–Crippen LogP) is 4.16. The number of alkyl halides is 1. The van der Waals surface area contributed by atoms with E-state index in [1.54, 1.807) is 11.3 Å². The summed E-state index contributed by atoms with van der Waals surface area (Å²) in [6.07, 6.45) is 1.08. The number of hydrogen-bond acceptors (Lipinski definition) is 3. The Hall–Kier alpha value is -0.250. The van der Waals surface area contributed by atoms with E-state index in [2.05, 4.69) is 23.2 Å². The van der Waals surface area contributed by atoms with Crippen molar-refractivity contribution in [2.45, 2.75) is 12.2 Å². The van der Waals surface area contributed by atoms with Gasteiger partial charge in [0.1, 0.15) is 5.01 Å². The molecular weight excluding hydrogens is 246 g/mol. The first-order valence-electron chi connectivity index (χ1n) is 4.88. The summed E-state index contributed by atoms with van der Waals surface area (Å²) >= 11 is 9.32. The lowest BCUT2D eigenvalue weighted by Gasteiger charge is -1.94. The third kappa shape index (κ3) is 3.10. The first-order chi connectivity index (χ1) is 7.40. The van der Waals surface area contributed by atoms with E-state index in [4.69, 9.17) is 11.6 Å². The number of hydrogen-bond donors (Lipinski definition) is 0. The normalized spacial score (nSPS) is 11.0. The summed E-state index contributed by atoms with van der Waals surface area (Å²) in [5, 5.41) is 1.22. The minimum absolute atomic E-state index is 0.757. The van der Waals surface area contributed by atoms with Crippen LogP contribution in [0.15, 0.2) is 24.3 Å². The van der Waals surface area contributed by atoms with Crippen LogP contribution in [0, 0.1) is 0 Å². The summed E-state index contributed by atoms with van der Waals surface area (Å²) in [4.78, 5) is 4.58. The molecule has 2 aromatic rings. The molecule has 1 aromatic heterocycles. The van der Waals surface area contributed by atoms with E-state index in [-0.39, 0.29) is 0 Å². The van der Waals surface area contributed by atoms with Gasteiger partial charge in [-0.1, -0.05) is 12.1 Å². The molecule has 0 atom stereocenters. The van der Waals surface area contributed by atoms with Gasteiger partial charge in [-0.15, -0.1) is 22.9 Å². The molecule has 0 saturated carbocycles. The number of benzene rings is 1. The summed E-state index contributed by atoms with van der Waals surface area (Å²) in [7, 11) is 0. The van der Waals surface area contributed by atoms with Crippen molar-refractivity contribution in [1.82, 2.24) is 4.98 Å². The van der Waals surface area contributed by atoms with E-state index in [0.29, 0.717) is 0 Å². The molecular formula is C11H12ClNS2. The Balaban J connectivity index is 1.97. The van der Waals surface area contributed by atoms with Crippen LogP contribution < -0.4 is 0 Å². The SMILES string of the molecule is ClCCCSCc1nc2ccccc2s1. The Bertz CT molecular complexity index is 394. The Labute approximate surface area is 103 Å². The summed E-state index contributed by atoms with van der Waals surface area (Å²) in [6.45, 7) is 0. The molecule has 1 nitrogen and oxygen atoms in total. The second-order valence-corrected chi connectivity index (χ2v) is 5.77. The van der Waals surface area contributed by atoms with Crippen LogP contribution in [0.5, 0.6) is 0 Å². The molecule has 80 valence electrons. The minimum atomic E-state index is 0.757. The molecule has 0 aliphatic heterocycles. The van der Waals surface area contributed by atoms with Crippen LogP contribution in [0.25, 0.3) is 10.2 Å². The van der Waals surface area contributed by atoms with Gasteiger partial charge in [0.25, 0.3) is 0 Å². The van der Waals surface area contributed by atoms with Crippen LogP contribution in [0.1, 0.15) is 11.4 Å². The average molecular weight is 258 g/mol. The average Bonchev–Trinajstić information content (AvgIpc) is 2.67. The van der Waals surface area contributed by atoms with Crippen molar-refractivity contribution < 1.29 is 0 Å². The lowest BCUT2D eigenvalue weighted by Crippen LogP contribution is -1.83. The van der Waals surface area contributed by atoms with Crippen molar-refractivity contribution in [3.8, 4) is 0 Å². The van der Waals surface area contributed by atoms with Crippen LogP contribution >= 0.6 is 34.7 Å². The van der Waals surface area contributed by atoms with E-state index >= 15 is 0 Å². The summed E-state index contributed by atoms with van der Waals surface area (Å²) < 4.78 is 1.28. The quantitative estimate of drug-likeness (QED) is 0.589. The maximum absolute atomic E-state index is 5.62. The zero-order valence-corrected chi connectivity index (χ0v) is 10.7. The van der Waals surface area contributed by atoms with E-state index in [0.717, 1.165) is 29.3 Å². The van der Waals surface area contributed by atoms with Gasteiger partial charge in [-0.25, -0.2) is 4.98 Å². The number of thioether (sulfide) groups is 1. The molecule has 0 spiro atoms. The molecule has 0 radical (unpaired) electrons. The van der Waals surface area contributed by atoms with Crippen molar-refractivity contribution >= 4 is 44.9 Å². The third-order valence-electron chi connectivity index (χ3n) is 1.99. The number of rotatable bonds is 5. The molecule has 0 fully saturated rings. The highest BCUT2D eigenvalue weighted by Crippen LogP contribution is 2.24. The highest BCUT2D eigenvalue weighted by molar-refractivity contribution is 7.98. The number of thiazole rings is 1. The number of fused-ring (bicyclic) bond motifs is 1. The molecule has 1 aromatic carbocycles. The Morgan fingerprint density at radius 3 is 3.00 bits per heavy atom. The predicted molar refractivity (Wildman–Crippen MR) is 71.1 cm³/mol. The molecule has 0 amide bonds. The molecule has 0 N–H and O–H groups in total. The number of aromatic nitrogens is 1. The number of halogens is 1. The van der Waals surface area contributed by atoms with Gasteiger partial charge in [0.2, 0.25) is 0 Å². The zero-order chi connectivity index (χ0) is 10.5. The molecule has 0 aliphatic carbocycles. The first kappa shape index (κ1) is 11.2. The third-order valence-corrected chi connectivity index (χ3v) is 4.53. The summed E-state index contributed by atoms with van der Waals surface area (Å²) in [6, 6.07) is 8.29. The fourth-order valence-corrected chi connectivity index (χ4v) is 3.57. The summed E-state index contributed by atoms with van der Waals surface area (Å²) in [5.41, 5.74) is 1.12. The molecule has 0 saturated heterocycles. The largest absolute Gasteiger partial charge is 0.240 e. The van der Waals surface area contributed by atoms with Crippen LogP contribution in [0.3, 0.4) is 0 Å². The van der Waals surface area contributed by atoms with Gasteiger partial charge in [0.15, 0.2) is 0 Å². The van der Waals surface area contributed by atoms with Crippen LogP contribution in [0.2, 0.25) is 0 Å². The smallest absolute Gasteiger partial charge is 0.104 e. The van der Waals surface area contributed by atoms with E-state index < -0.39 is 0 Å². The molecule has 0 aliphatic rings. The van der Waals surface area contributed by atoms with Gasteiger partial charge in [-0.05, 0) is 24.3 Å². The van der Waals surface area contributed by atoms with Gasteiger partial charge >= 0.3 is 0 Å². The van der Waals surface area contributed by atoms with Gasteiger partial charge in [0, 0.05) is 11.6 Å². The molecule has 0 bridgehead atoms. The van der Waals surface area contributed by atoms with Gasteiger partial charge in [-0.2, -0.15) is 11.8 Å². The Morgan fingerprint density at radius 1 is 1.33 bits per heavy atom. The van der Waals surface area contributed by atoms with Crippen molar-refractivity contribution in [1.29, 1.82) is 0 Å². The molecule has 1 heterocycles. The van der Waals surface area contributed by atoms with Crippen molar-refractivity contribution in [3.63, 3.8) is 0 Å².